The van der Waals surface area contributed by atoms with Crippen molar-refractivity contribution in [2.24, 2.45) is 0 Å². The Labute approximate surface area is 116 Å². The standard InChI is InChI=1S/C11H11BrFNO3S/c12-8-2-1-7(3-9(8)13)4-14-10(15)5-18-6-11(16)17/h1-3H,4-6H2,(H,14,15)(H,16,17). The molecule has 0 heterocycles. The number of amides is 1. The predicted molar refractivity (Wildman–Crippen MR) is 70.9 cm³/mol. The van der Waals surface area contributed by atoms with Gasteiger partial charge in [0.2, 0.25) is 5.91 Å². The van der Waals surface area contributed by atoms with Gasteiger partial charge >= 0.3 is 5.97 Å². The Morgan fingerprint density at radius 1 is 1.39 bits per heavy atom. The lowest BCUT2D eigenvalue weighted by Crippen LogP contribution is -2.25. The van der Waals surface area contributed by atoms with Gasteiger partial charge in [0.25, 0.3) is 0 Å². The minimum absolute atomic E-state index is 0.0747. The number of thioether (sulfide) groups is 1. The van der Waals surface area contributed by atoms with Crippen molar-refractivity contribution in [3.63, 3.8) is 0 Å². The van der Waals surface area contributed by atoms with Crippen molar-refractivity contribution >= 4 is 39.6 Å². The fraction of sp³-hybridized carbons (Fsp3) is 0.273. The van der Waals surface area contributed by atoms with Crippen LogP contribution in [0.1, 0.15) is 5.56 Å². The minimum atomic E-state index is -0.956. The van der Waals surface area contributed by atoms with Gasteiger partial charge in [-0.3, -0.25) is 9.59 Å². The average Bonchev–Trinajstić information content (AvgIpc) is 2.30. The van der Waals surface area contributed by atoms with Crippen molar-refractivity contribution in [1.82, 2.24) is 5.32 Å². The second-order valence-electron chi connectivity index (χ2n) is 3.41. The van der Waals surface area contributed by atoms with Crippen LogP contribution in [-0.2, 0) is 16.1 Å². The molecule has 0 saturated heterocycles. The maximum Gasteiger partial charge on any atom is 0.313 e. The first kappa shape index (κ1) is 15.0. The number of aliphatic carboxylic acids is 1. The Morgan fingerprint density at radius 2 is 2.11 bits per heavy atom. The van der Waals surface area contributed by atoms with Crippen LogP contribution in [0, 0.1) is 5.82 Å². The van der Waals surface area contributed by atoms with E-state index in [-0.39, 0.29) is 29.8 Å². The highest BCUT2D eigenvalue weighted by atomic mass is 79.9. The third-order valence-electron chi connectivity index (χ3n) is 1.93. The van der Waals surface area contributed by atoms with Crippen molar-refractivity contribution in [1.29, 1.82) is 0 Å². The summed E-state index contributed by atoms with van der Waals surface area (Å²) in [6, 6.07) is 4.59. The van der Waals surface area contributed by atoms with E-state index in [2.05, 4.69) is 21.2 Å². The van der Waals surface area contributed by atoms with Crippen molar-refractivity contribution < 1.29 is 19.1 Å². The van der Waals surface area contributed by atoms with Gasteiger partial charge in [-0.05, 0) is 33.6 Å². The van der Waals surface area contributed by atoms with E-state index in [0.29, 0.717) is 10.0 Å². The molecule has 0 aromatic heterocycles. The third kappa shape index (κ3) is 5.50. The molecule has 0 aliphatic heterocycles. The summed E-state index contributed by atoms with van der Waals surface area (Å²) < 4.78 is 13.5. The number of carbonyl (C=O) groups excluding carboxylic acids is 1. The van der Waals surface area contributed by atoms with Crippen LogP contribution in [0.25, 0.3) is 0 Å². The second-order valence-corrected chi connectivity index (χ2v) is 5.25. The van der Waals surface area contributed by atoms with E-state index < -0.39 is 5.97 Å². The summed E-state index contributed by atoms with van der Waals surface area (Å²) in [5, 5.41) is 11.0. The molecule has 1 aromatic carbocycles. The molecular weight excluding hydrogens is 325 g/mol. The number of halogens is 2. The molecular formula is C11H11BrFNO3S. The third-order valence-corrected chi connectivity index (χ3v) is 3.49. The molecule has 0 atom stereocenters. The topological polar surface area (TPSA) is 66.4 Å². The summed E-state index contributed by atoms with van der Waals surface area (Å²) in [7, 11) is 0. The number of carboxylic acids is 1. The Kier molecular flexibility index (Phi) is 6.14. The fourth-order valence-corrected chi connectivity index (χ4v) is 1.94. The van der Waals surface area contributed by atoms with Crippen LogP contribution in [0.2, 0.25) is 0 Å². The van der Waals surface area contributed by atoms with Crippen LogP contribution in [0.4, 0.5) is 4.39 Å². The molecule has 0 fully saturated rings. The molecule has 2 N–H and O–H groups in total. The second kappa shape index (κ2) is 7.38. The van der Waals surface area contributed by atoms with Gasteiger partial charge in [-0.1, -0.05) is 6.07 Å². The lowest BCUT2D eigenvalue weighted by Gasteiger charge is -2.05. The van der Waals surface area contributed by atoms with Gasteiger partial charge in [-0.2, -0.15) is 0 Å². The SMILES string of the molecule is O=C(O)CSCC(=O)NCc1ccc(Br)c(F)c1. The Morgan fingerprint density at radius 3 is 2.72 bits per heavy atom. The highest BCUT2D eigenvalue weighted by molar-refractivity contribution is 9.10. The maximum atomic E-state index is 13.2. The van der Waals surface area contributed by atoms with E-state index in [4.69, 9.17) is 5.11 Å². The van der Waals surface area contributed by atoms with Gasteiger partial charge in [0.05, 0.1) is 16.0 Å². The van der Waals surface area contributed by atoms with E-state index in [1.54, 1.807) is 12.1 Å². The molecule has 18 heavy (non-hydrogen) atoms. The molecule has 1 amide bonds. The van der Waals surface area contributed by atoms with E-state index in [9.17, 15) is 14.0 Å². The number of benzene rings is 1. The quantitative estimate of drug-likeness (QED) is 0.834. The van der Waals surface area contributed by atoms with Crippen LogP contribution >= 0.6 is 27.7 Å². The lowest BCUT2D eigenvalue weighted by molar-refractivity contribution is -0.133. The molecule has 7 heteroatoms. The molecule has 0 saturated carbocycles. The van der Waals surface area contributed by atoms with E-state index in [1.165, 1.54) is 6.07 Å². The van der Waals surface area contributed by atoms with Gasteiger partial charge in [0.15, 0.2) is 0 Å². The van der Waals surface area contributed by atoms with Crippen LogP contribution < -0.4 is 5.32 Å². The Hall–Kier alpha value is -1.08. The van der Waals surface area contributed by atoms with Crippen molar-refractivity contribution in [3.05, 3.63) is 34.1 Å². The molecule has 0 aliphatic rings. The van der Waals surface area contributed by atoms with Crippen LogP contribution in [0.15, 0.2) is 22.7 Å². The number of carboxylic acid groups (broad SMARTS) is 1. The minimum Gasteiger partial charge on any atom is -0.481 e. The van der Waals surface area contributed by atoms with Gasteiger partial charge in [-0.25, -0.2) is 4.39 Å². The van der Waals surface area contributed by atoms with Crippen LogP contribution in [-0.4, -0.2) is 28.5 Å². The molecule has 1 rings (SSSR count). The number of carbonyl (C=O) groups is 2. The van der Waals surface area contributed by atoms with E-state index in [1.807, 2.05) is 0 Å². The molecule has 0 unspecified atom stereocenters. The highest BCUT2D eigenvalue weighted by Crippen LogP contribution is 2.16. The zero-order valence-electron chi connectivity index (χ0n) is 9.28. The number of nitrogens with one attached hydrogen (secondary N) is 1. The molecule has 1 aromatic rings. The summed E-state index contributed by atoms with van der Waals surface area (Å²) in [5.74, 6) is -1.65. The van der Waals surface area contributed by atoms with Crippen molar-refractivity contribution in [2.75, 3.05) is 11.5 Å². The normalized spacial score (nSPS) is 10.1. The number of rotatable bonds is 6. The molecule has 0 radical (unpaired) electrons. The number of hydrogen-bond donors (Lipinski definition) is 2. The van der Waals surface area contributed by atoms with Gasteiger partial charge in [-0.15, -0.1) is 11.8 Å². The van der Waals surface area contributed by atoms with Gasteiger partial charge in [0.1, 0.15) is 5.82 Å². The first-order valence-corrected chi connectivity index (χ1v) is 6.94. The van der Waals surface area contributed by atoms with Crippen molar-refractivity contribution in [2.45, 2.75) is 6.54 Å². The van der Waals surface area contributed by atoms with E-state index >= 15 is 0 Å². The first-order valence-electron chi connectivity index (χ1n) is 4.99. The average molecular weight is 336 g/mol. The smallest absolute Gasteiger partial charge is 0.313 e. The van der Waals surface area contributed by atoms with Crippen LogP contribution in [0.3, 0.4) is 0 Å². The Bertz CT molecular complexity index is 456. The zero-order valence-corrected chi connectivity index (χ0v) is 11.7. The largest absolute Gasteiger partial charge is 0.481 e. The zero-order chi connectivity index (χ0) is 13.5. The molecule has 0 bridgehead atoms. The molecule has 4 nitrogen and oxygen atoms in total. The Balaban J connectivity index is 2.33. The van der Waals surface area contributed by atoms with Crippen molar-refractivity contribution in [3.8, 4) is 0 Å². The van der Waals surface area contributed by atoms with E-state index in [0.717, 1.165) is 11.8 Å². The molecule has 98 valence electrons. The summed E-state index contributed by atoms with van der Waals surface area (Å²) >= 11 is 4.05. The predicted octanol–water partition coefficient (Wildman–Crippen LogP) is 2.02. The first-order chi connectivity index (χ1) is 8.49. The summed E-state index contributed by atoms with van der Waals surface area (Å²) in [5.41, 5.74) is 0.646. The summed E-state index contributed by atoms with van der Waals surface area (Å²) in [6.07, 6.45) is 0. The number of hydrogen-bond acceptors (Lipinski definition) is 3. The van der Waals surface area contributed by atoms with Crippen LogP contribution in [0.5, 0.6) is 0 Å². The fourth-order valence-electron chi connectivity index (χ4n) is 1.13. The lowest BCUT2D eigenvalue weighted by atomic mass is 10.2. The maximum absolute atomic E-state index is 13.2. The molecule has 0 aliphatic carbocycles. The monoisotopic (exact) mass is 335 g/mol. The highest BCUT2D eigenvalue weighted by Gasteiger charge is 2.05. The summed E-state index contributed by atoms with van der Waals surface area (Å²) in [4.78, 5) is 21.6. The molecule has 0 spiro atoms. The van der Waals surface area contributed by atoms with Gasteiger partial charge in [0, 0.05) is 6.54 Å². The van der Waals surface area contributed by atoms with Gasteiger partial charge < -0.3 is 10.4 Å². The summed E-state index contributed by atoms with van der Waals surface area (Å²) in [6.45, 7) is 0.219.